The lowest BCUT2D eigenvalue weighted by molar-refractivity contribution is 0.0954. The van der Waals surface area contributed by atoms with Gasteiger partial charge in [-0.15, -0.1) is 0 Å². The van der Waals surface area contributed by atoms with E-state index in [9.17, 15) is 13.2 Å². The first-order valence-electron chi connectivity index (χ1n) is 8.79. The number of hydrogen-bond donors (Lipinski definition) is 2. The van der Waals surface area contributed by atoms with E-state index in [1.165, 1.54) is 12.1 Å². The fraction of sp³-hybridized carbons (Fsp3) is 0.316. The summed E-state index contributed by atoms with van der Waals surface area (Å²) >= 11 is 6.12. The SMILES string of the molecule is Cc1ccccc1N1C(=O)c2cc(S(N)(=O)=O)c(Cl)cc2NC1C1CCC1. The number of halogens is 1. The van der Waals surface area contributed by atoms with Gasteiger partial charge in [0.15, 0.2) is 0 Å². The van der Waals surface area contributed by atoms with Crippen molar-refractivity contribution < 1.29 is 13.2 Å². The first-order valence-corrected chi connectivity index (χ1v) is 10.7. The molecule has 2 aromatic carbocycles. The third-order valence-corrected chi connectivity index (χ3v) is 6.76. The monoisotopic (exact) mass is 405 g/mol. The van der Waals surface area contributed by atoms with Crippen molar-refractivity contribution in [3.63, 3.8) is 0 Å². The summed E-state index contributed by atoms with van der Waals surface area (Å²) in [5.74, 6) is 0.0786. The molecule has 27 heavy (non-hydrogen) atoms. The molecule has 0 spiro atoms. The fourth-order valence-corrected chi connectivity index (χ4v) is 4.82. The Bertz CT molecular complexity index is 1030. The highest BCUT2D eigenvalue weighted by Gasteiger charge is 2.41. The zero-order chi connectivity index (χ0) is 19.3. The summed E-state index contributed by atoms with van der Waals surface area (Å²) < 4.78 is 23.7. The van der Waals surface area contributed by atoms with Crippen molar-refractivity contribution in [2.75, 3.05) is 10.2 Å². The minimum Gasteiger partial charge on any atom is -0.364 e. The van der Waals surface area contributed by atoms with Gasteiger partial charge >= 0.3 is 0 Å². The van der Waals surface area contributed by atoms with E-state index >= 15 is 0 Å². The number of nitrogens with two attached hydrogens (primary N) is 1. The van der Waals surface area contributed by atoms with E-state index < -0.39 is 10.0 Å². The number of rotatable bonds is 3. The van der Waals surface area contributed by atoms with Crippen LogP contribution in [0.4, 0.5) is 11.4 Å². The quantitative estimate of drug-likeness (QED) is 0.817. The number of anilines is 2. The van der Waals surface area contributed by atoms with Crippen molar-refractivity contribution in [2.45, 2.75) is 37.2 Å². The molecule has 1 amide bonds. The second kappa shape index (κ2) is 6.51. The number of para-hydroxylation sites is 1. The van der Waals surface area contributed by atoms with Gasteiger partial charge in [-0.25, -0.2) is 13.6 Å². The second-order valence-corrected chi connectivity index (χ2v) is 9.05. The molecule has 142 valence electrons. The van der Waals surface area contributed by atoms with E-state index in [0.717, 1.165) is 30.5 Å². The van der Waals surface area contributed by atoms with Crippen LogP contribution in [0.15, 0.2) is 41.3 Å². The topological polar surface area (TPSA) is 92.5 Å². The van der Waals surface area contributed by atoms with Crippen molar-refractivity contribution in [1.29, 1.82) is 0 Å². The number of hydrogen-bond acceptors (Lipinski definition) is 4. The first kappa shape index (κ1) is 18.3. The van der Waals surface area contributed by atoms with Gasteiger partial charge in [-0.3, -0.25) is 9.69 Å². The molecule has 0 aromatic heterocycles. The Balaban J connectivity index is 1.88. The molecule has 8 heteroatoms. The van der Waals surface area contributed by atoms with E-state index in [0.29, 0.717) is 11.6 Å². The molecule has 0 bridgehead atoms. The molecule has 1 atom stereocenters. The number of sulfonamides is 1. The molecule has 2 aromatic rings. The van der Waals surface area contributed by atoms with Gasteiger partial charge in [-0.05, 0) is 49.4 Å². The summed E-state index contributed by atoms with van der Waals surface area (Å²) in [6.45, 7) is 1.95. The third kappa shape index (κ3) is 3.09. The lowest BCUT2D eigenvalue weighted by Crippen LogP contribution is -2.54. The lowest BCUT2D eigenvalue weighted by Gasteiger charge is -2.45. The maximum Gasteiger partial charge on any atom is 0.262 e. The number of nitrogens with zero attached hydrogens (tertiary/aromatic N) is 1. The summed E-state index contributed by atoms with van der Waals surface area (Å²) in [7, 11) is -4.03. The number of carbonyl (C=O) groups excluding carboxylic acids is 1. The van der Waals surface area contributed by atoms with Crippen molar-refractivity contribution in [1.82, 2.24) is 0 Å². The lowest BCUT2D eigenvalue weighted by atomic mass is 9.81. The van der Waals surface area contributed by atoms with Gasteiger partial charge in [0, 0.05) is 5.69 Å². The van der Waals surface area contributed by atoms with Crippen molar-refractivity contribution in [2.24, 2.45) is 11.1 Å². The number of benzene rings is 2. The Kier molecular flexibility index (Phi) is 4.41. The number of aryl methyl sites for hydroxylation is 1. The molecule has 1 heterocycles. The predicted octanol–water partition coefficient (Wildman–Crippen LogP) is 3.49. The summed E-state index contributed by atoms with van der Waals surface area (Å²) in [6.07, 6.45) is 3.00. The summed E-state index contributed by atoms with van der Waals surface area (Å²) in [6, 6.07) is 10.4. The predicted molar refractivity (Wildman–Crippen MR) is 106 cm³/mol. The Labute approximate surface area is 163 Å². The molecule has 6 nitrogen and oxygen atoms in total. The molecule has 1 aliphatic heterocycles. The first-order chi connectivity index (χ1) is 12.8. The van der Waals surface area contributed by atoms with E-state index in [-0.39, 0.29) is 27.6 Å². The third-order valence-electron chi connectivity index (χ3n) is 5.38. The summed E-state index contributed by atoms with van der Waals surface area (Å²) in [4.78, 5) is 14.9. The molecule has 1 saturated carbocycles. The minimum absolute atomic E-state index is 0.00764. The second-order valence-electron chi connectivity index (χ2n) is 7.12. The van der Waals surface area contributed by atoms with Crippen LogP contribution < -0.4 is 15.4 Å². The summed E-state index contributed by atoms with van der Waals surface area (Å²) in [5, 5.41) is 8.67. The highest BCUT2D eigenvalue weighted by Crippen LogP contribution is 2.41. The van der Waals surface area contributed by atoms with Crippen LogP contribution in [0.25, 0.3) is 0 Å². The molecule has 4 rings (SSSR count). The van der Waals surface area contributed by atoms with E-state index in [1.54, 1.807) is 4.90 Å². The normalized spacial score (nSPS) is 20.0. The van der Waals surface area contributed by atoms with Crippen LogP contribution >= 0.6 is 11.6 Å². The zero-order valence-corrected chi connectivity index (χ0v) is 16.3. The van der Waals surface area contributed by atoms with Crippen molar-refractivity contribution in [3.8, 4) is 0 Å². The van der Waals surface area contributed by atoms with Crippen LogP contribution in [0.5, 0.6) is 0 Å². The van der Waals surface area contributed by atoms with Crippen LogP contribution in [0.2, 0.25) is 5.02 Å². The average Bonchev–Trinajstić information content (AvgIpc) is 2.53. The Hall–Kier alpha value is -2.09. The van der Waals surface area contributed by atoms with E-state index in [1.807, 2.05) is 31.2 Å². The number of fused-ring (bicyclic) bond motifs is 1. The van der Waals surface area contributed by atoms with E-state index in [2.05, 4.69) is 5.32 Å². The van der Waals surface area contributed by atoms with Crippen LogP contribution in [-0.4, -0.2) is 20.5 Å². The minimum atomic E-state index is -4.03. The van der Waals surface area contributed by atoms with Gasteiger partial charge in [0.1, 0.15) is 11.1 Å². The van der Waals surface area contributed by atoms with Crippen LogP contribution in [0, 0.1) is 12.8 Å². The maximum atomic E-state index is 13.4. The molecule has 2 aliphatic rings. The van der Waals surface area contributed by atoms with Crippen molar-refractivity contribution >= 4 is 38.9 Å². The molecular weight excluding hydrogens is 386 g/mol. The van der Waals surface area contributed by atoms with Crippen LogP contribution in [-0.2, 0) is 10.0 Å². The Morgan fingerprint density at radius 2 is 1.93 bits per heavy atom. The van der Waals surface area contributed by atoms with Gasteiger partial charge in [0.2, 0.25) is 10.0 Å². The van der Waals surface area contributed by atoms with Gasteiger partial charge in [0.25, 0.3) is 5.91 Å². The van der Waals surface area contributed by atoms with Crippen LogP contribution in [0.3, 0.4) is 0 Å². The number of nitrogens with one attached hydrogen (secondary N) is 1. The number of amides is 1. The molecule has 1 unspecified atom stereocenters. The molecule has 0 saturated heterocycles. The van der Waals surface area contributed by atoms with Gasteiger partial charge in [-0.1, -0.05) is 36.2 Å². The zero-order valence-electron chi connectivity index (χ0n) is 14.8. The molecule has 3 N–H and O–H groups in total. The van der Waals surface area contributed by atoms with E-state index in [4.69, 9.17) is 16.7 Å². The highest BCUT2D eigenvalue weighted by molar-refractivity contribution is 7.89. The Morgan fingerprint density at radius 1 is 1.22 bits per heavy atom. The van der Waals surface area contributed by atoms with Gasteiger partial charge in [-0.2, -0.15) is 0 Å². The number of primary sulfonamides is 1. The van der Waals surface area contributed by atoms with Crippen molar-refractivity contribution in [3.05, 3.63) is 52.5 Å². The number of carbonyl (C=O) groups is 1. The molecule has 0 radical (unpaired) electrons. The smallest absolute Gasteiger partial charge is 0.262 e. The van der Waals surface area contributed by atoms with Crippen LogP contribution in [0.1, 0.15) is 35.2 Å². The average molecular weight is 406 g/mol. The molecule has 1 aliphatic carbocycles. The fourth-order valence-electron chi connectivity index (χ4n) is 3.72. The van der Waals surface area contributed by atoms with Gasteiger partial charge < -0.3 is 5.32 Å². The van der Waals surface area contributed by atoms with Gasteiger partial charge in [0.05, 0.1) is 16.3 Å². The molecule has 1 fully saturated rings. The summed E-state index contributed by atoms with van der Waals surface area (Å²) in [5.41, 5.74) is 2.58. The maximum absolute atomic E-state index is 13.4. The standard InChI is InChI=1S/C19H20ClN3O3S/c1-11-5-2-3-8-16(11)23-18(12-6-4-7-12)22-15-10-14(20)17(27(21,25)26)9-13(15)19(23)24/h2-3,5,8-10,12,18,22H,4,6-7H2,1H3,(H2,21,25,26). The Morgan fingerprint density at radius 3 is 2.52 bits per heavy atom. The largest absolute Gasteiger partial charge is 0.364 e. The highest BCUT2D eigenvalue weighted by atomic mass is 35.5. The molecular formula is C19H20ClN3O3S.